The summed E-state index contributed by atoms with van der Waals surface area (Å²) in [7, 11) is 0. The number of hydrogen-bond donors (Lipinski definition) is 8. The van der Waals surface area contributed by atoms with E-state index in [4.69, 9.17) is 22.9 Å². The van der Waals surface area contributed by atoms with Crippen LogP contribution in [0.1, 0.15) is 44.9 Å². The third kappa shape index (κ3) is 9.73. The van der Waals surface area contributed by atoms with Crippen LogP contribution in [-0.2, 0) is 19.2 Å². The van der Waals surface area contributed by atoms with Gasteiger partial charge in [-0.05, 0) is 51.5 Å². The van der Waals surface area contributed by atoms with Crippen molar-refractivity contribution >= 4 is 42.3 Å². The zero-order chi connectivity index (χ0) is 25.7. The highest BCUT2D eigenvalue weighted by Gasteiger charge is 2.37. The highest BCUT2D eigenvalue weighted by atomic mass is 32.1. The molecule has 1 rings (SSSR count). The normalized spacial score (nSPS) is 18.0. The number of unbranched alkanes of at least 4 members (excludes halogenated alkanes) is 1. The molecule has 3 amide bonds. The molecule has 1 heterocycles. The molecule has 0 aromatic heterocycles. The van der Waals surface area contributed by atoms with Gasteiger partial charge in [-0.25, -0.2) is 4.79 Å². The van der Waals surface area contributed by atoms with Crippen LogP contribution in [0.15, 0.2) is 4.99 Å². The van der Waals surface area contributed by atoms with Gasteiger partial charge in [-0.2, -0.15) is 12.6 Å². The summed E-state index contributed by atoms with van der Waals surface area (Å²) in [5.74, 6) is -2.82. The second-order valence-corrected chi connectivity index (χ2v) is 8.54. The first-order valence-electron chi connectivity index (χ1n) is 11.4. The first-order valence-corrected chi connectivity index (χ1v) is 12.0. The molecule has 0 aromatic carbocycles. The van der Waals surface area contributed by atoms with Crippen molar-refractivity contribution in [2.45, 2.75) is 69.1 Å². The second kappa shape index (κ2) is 15.3. The van der Waals surface area contributed by atoms with Crippen LogP contribution < -0.4 is 33.6 Å². The van der Waals surface area contributed by atoms with E-state index in [1.807, 2.05) is 0 Å². The van der Waals surface area contributed by atoms with Gasteiger partial charge in [0.1, 0.15) is 18.1 Å². The van der Waals surface area contributed by atoms with Crippen LogP contribution in [0.25, 0.3) is 0 Å². The lowest BCUT2D eigenvalue weighted by molar-refractivity contribution is -0.142. The van der Waals surface area contributed by atoms with Crippen molar-refractivity contribution in [1.29, 1.82) is 0 Å². The maximum atomic E-state index is 13.0. The van der Waals surface area contributed by atoms with E-state index in [-0.39, 0.29) is 24.0 Å². The number of thiol groups is 1. The lowest BCUT2D eigenvalue weighted by Crippen LogP contribution is -2.56. The van der Waals surface area contributed by atoms with Crippen molar-refractivity contribution in [3.63, 3.8) is 0 Å². The number of rotatable bonds is 15. The second-order valence-electron chi connectivity index (χ2n) is 8.17. The van der Waals surface area contributed by atoms with E-state index in [0.29, 0.717) is 58.2 Å². The van der Waals surface area contributed by atoms with Gasteiger partial charge >= 0.3 is 5.97 Å². The molecule has 34 heavy (non-hydrogen) atoms. The first kappa shape index (κ1) is 29.5. The number of nitrogens with zero attached hydrogens (tertiary/aromatic N) is 2. The number of aliphatic imine (C=N–C) groups is 1. The maximum Gasteiger partial charge on any atom is 0.327 e. The van der Waals surface area contributed by atoms with Crippen molar-refractivity contribution in [3.05, 3.63) is 0 Å². The largest absolute Gasteiger partial charge is 0.480 e. The molecule has 1 aliphatic rings. The Morgan fingerprint density at radius 2 is 1.79 bits per heavy atom. The molecule has 1 saturated heterocycles. The quantitative estimate of drug-likeness (QED) is 0.0509. The molecule has 4 unspecified atom stereocenters. The van der Waals surface area contributed by atoms with E-state index >= 15 is 0 Å². The minimum Gasteiger partial charge on any atom is -0.480 e. The molecule has 11 N–H and O–H groups in total. The SMILES string of the molecule is NCCCCC(NC(=O)C1CCCN1C(=O)C(N)CCCN=C(N)N)C(=O)NC(CS)C(=O)O. The van der Waals surface area contributed by atoms with Gasteiger partial charge in [0.2, 0.25) is 17.7 Å². The molecule has 13 nitrogen and oxygen atoms in total. The first-order chi connectivity index (χ1) is 16.1. The van der Waals surface area contributed by atoms with E-state index in [2.05, 4.69) is 28.3 Å². The topological polar surface area (TPSA) is 232 Å². The number of carboxylic acids is 1. The van der Waals surface area contributed by atoms with Gasteiger partial charge in [-0.15, -0.1) is 0 Å². The Morgan fingerprint density at radius 1 is 1.09 bits per heavy atom. The standard InChI is InChI=1S/C20H38N8O5S/c21-8-2-1-6-13(16(29)27-14(11-34)19(32)33)26-17(30)15-7-4-10-28(15)18(31)12(22)5-3-9-25-20(23)24/h12-15,34H,1-11,21-22H2,(H,26,30)(H,27,29)(H,32,33)(H4,23,24,25). The summed E-state index contributed by atoms with van der Waals surface area (Å²) in [4.78, 5) is 55.1. The molecule has 1 aliphatic heterocycles. The average Bonchev–Trinajstić information content (AvgIpc) is 3.28. The number of nitrogens with two attached hydrogens (primary N) is 4. The van der Waals surface area contributed by atoms with Gasteiger partial charge in [0.05, 0.1) is 6.04 Å². The molecule has 0 radical (unpaired) electrons. The molecular formula is C20H38N8O5S. The summed E-state index contributed by atoms with van der Waals surface area (Å²) in [6, 6.07) is -3.72. The Labute approximate surface area is 204 Å². The molecule has 0 spiro atoms. The van der Waals surface area contributed by atoms with Crippen molar-refractivity contribution in [1.82, 2.24) is 15.5 Å². The van der Waals surface area contributed by atoms with Crippen LogP contribution in [0.3, 0.4) is 0 Å². The molecule has 0 aliphatic carbocycles. The summed E-state index contributed by atoms with van der Waals surface area (Å²) in [6.07, 6.45) is 3.39. The van der Waals surface area contributed by atoms with E-state index < -0.39 is 42.0 Å². The number of hydrogen-bond acceptors (Lipinski definition) is 8. The minimum atomic E-state index is -1.23. The molecular weight excluding hydrogens is 464 g/mol. The highest BCUT2D eigenvalue weighted by Crippen LogP contribution is 2.20. The van der Waals surface area contributed by atoms with E-state index in [9.17, 15) is 24.3 Å². The van der Waals surface area contributed by atoms with Crippen LogP contribution >= 0.6 is 12.6 Å². The van der Waals surface area contributed by atoms with Gasteiger partial charge in [0.15, 0.2) is 5.96 Å². The van der Waals surface area contributed by atoms with Crippen LogP contribution in [0, 0.1) is 0 Å². The maximum absolute atomic E-state index is 13.0. The van der Waals surface area contributed by atoms with E-state index in [0.717, 1.165) is 0 Å². The van der Waals surface area contributed by atoms with Gasteiger partial charge in [-0.1, -0.05) is 0 Å². The summed E-state index contributed by atoms with van der Waals surface area (Å²) in [5, 5.41) is 14.3. The van der Waals surface area contributed by atoms with E-state index in [1.54, 1.807) is 0 Å². The number of carbonyl (C=O) groups is 4. The molecule has 0 saturated carbocycles. The number of aliphatic carboxylic acids is 1. The van der Waals surface area contributed by atoms with Crippen LogP contribution in [0.2, 0.25) is 0 Å². The Kier molecular flexibility index (Phi) is 13.3. The number of carbonyl (C=O) groups excluding carboxylic acids is 3. The van der Waals surface area contributed by atoms with Crippen molar-refractivity contribution in [3.8, 4) is 0 Å². The lowest BCUT2D eigenvalue weighted by Gasteiger charge is -2.28. The van der Waals surface area contributed by atoms with Crippen LogP contribution in [0.5, 0.6) is 0 Å². The highest BCUT2D eigenvalue weighted by molar-refractivity contribution is 7.80. The average molecular weight is 503 g/mol. The van der Waals surface area contributed by atoms with Crippen molar-refractivity contribution in [2.24, 2.45) is 27.9 Å². The van der Waals surface area contributed by atoms with Crippen molar-refractivity contribution < 1.29 is 24.3 Å². The zero-order valence-corrected chi connectivity index (χ0v) is 20.2. The van der Waals surface area contributed by atoms with Gasteiger partial charge in [-0.3, -0.25) is 19.4 Å². The Morgan fingerprint density at radius 3 is 2.38 bits per heavy atom. The summed E-state index contributed by atoms with van der Waals surface area (Å²) in [6.45, 7) is 1.14. The van der Waals surface area contributed by atoms with Crippen molar-refractivity contribution in [2.75, 3.05) is 25.4 Å². The molecule has 14 heteroatoms. The van der Waals surface area contributed by atoms with Gasteiger partial charge in [0.25, 0.3) is 0 Å². The summed E-state index contributed by atoms with van der Waals surface area (Å²) >= 11 is 3.94. The number of nitrogens with one attached hydrogen (secondary N) is 2. The van der Waals surface area contributed by atoms with Gasteiger partial charge < -0.3 is 43.6 Å². The summed E-state index contributed by atoms with van der Waals surface area (Å²) < 4.78 is 0. The third-order valence-electron chi connectivity index (χ3n) is 5.50. The van der Waals surface area contributed by atoms with Gasteiger partial charge in [0, 0.05) is 18.8 Å². The van der Waals surface area contributed by atoms with E-state index in [1.165, 1.54) is 4.90 Å². The van der Waals surface area contributed by atoms with Crippen LogP contribution in [-0.4, -0.2) is 89.2 Å². The Bertz CT molecular complexity index is 734. The lowest BCUT2D eigenvalue weighted by atomic mass is 10.1. The third-order valence-corrected chi connectivity index (χ3v) is 5.87. The number of carboxylic acid groups (broad SMARTS) is 1. The number of amides is 3. The summed E-state index contributed by atoms with van der Waals surface area (Å²) in [5.41, 5.74) is 22.1. The predicted octanol–water partition coefficient (Wildman–Crippen LogP) is -2.53. The predicted molar refractivity (Wildman–Crippen MR) is 131 cm³/mol. The fraction of sp³-hybridized carbons (Fsp3) is 0.750. The molecule has 0 aromatic rings. The molecule has 0 bridgehead atoms. The number of likely N-dealkylation sites (tertiary alicyclic amines) is 1. The molecule has 4 atom stereocenters. The smallest absolute Gasteiger partial charge is 0.327 e. The monoisotopic (exact) mass is 502 g/mol. The fourth-order valence-corrected chi connectivity index (χ4v) is 3.89. The van der Waals surface area contributed by atoms with Crippen LogP contribution in [0.4, 0.5) is 0 Å². The Balaban J connectivity index is 2.80. The fourth-order valence-electron chi connectivity index (χ4n) is 3.65. The zero-order valence-electron chi connectivity index (χ0n) is 19.3. The molecule has 1 fully saturated rings. The molecule has 194 valence electrons. The Hall–Kier alpha value is -2.58. The minimum absolute atomic E-state index is 0.0368. The number of guanidine groups is 1.